The smallest absolute Gasteiger partial charge is 0.281 e. The third kappa shape index (κ3) is 4.00. The van der Waals surface area contributed by atoms with Gasteiger partial charge in [0.15, 0.2) is 10.8 Å². The van der Waals surface area contributed by atoms with Crippen LogP contribution in [-0.4, -0.2) is 27.3 Å². The average Bonchev–Trinajstić information content (AvgIpc) is 3.28. The van der Waals surface area contributed by atoms with Crippen molar-refractivity contribution in [2.45, 2.75) is 20.4 Å². The van der Waals surface area contributed by atoms with Gasteiger partial charge in [0.05, 0.1) is 23.4 Å². The number of carbonyl (C=O) groups is 1. The second kappa shape index (κ2) is 8.05. The minimum atomic E-state index is -0.156. The topological polar surface area (TPSA) is 60.2 Å². The summed E-state index contributed by atoms with van der Waals surface area (Å²) >= 11 is 1.48. The Balaban J connectivity index is 1.76. The molecule has 0 bridgehead atoms. The van der Waals surface area contributed by atoms with Gasteiger partial charge in [-0.15, -0.1) is 0 Å². The molecule has 1 amide bonds. The van der Waals surface area contributed by atoms with Crippen LogP contribution in [0, 0.1) is 6.92 Å². The van der Waals surface area contributed by atoms with E-state index in [0.29, 0.717) is 24.0 Å². The third-order valence-electron chi connectivity index (χ3n) is 4.53. The Morgan fingerprint density at radius 2 is 2.00 bits per heavy atom. The highest BCUT2D eigenvalue weighted by Crippen LogP contribution is 2.33. The van der Waals surface area contributed by atoms with E-state index in [-0.39, 0.29) is 5.91 Å². The van der Waals surface area contributed by atoms with E-state index < -0.39 is 0 Å². The molecule has 0 saturated carbocycles. The van der Waals surface area contributed by atoms with Gasteiger partial charge < -0.3 is 4.74 Å². The second-order valence-corrected chi connectivity index (χ2v) is 7.78. The molecular formula is C22H22N4O2S. The Bertz CT molecular complexity index is 1150. The molecule has 0 aliphatic carbocycles. The molecule has 2 aromatic carbocycles. The van der Waals surface area contributed by atoms with Gasteiger partial charge in [0.2, 0.25) is 0 Å². The van der Waals surface area contributed by atoms with Crippen molar-refractivity contribution >= 4 is 32.6 Å². The first-order valence-corrected chi connectivity index (χ1v) is 10.3. The van der Waals surface area contributed by atoms with Gasteiger partial charge in [-0.2, -0.15) is 5.10 Å². The summed E-state index contributed by atoms with van der Waals surface area (Å²) in [4.78, 5) is 19.9. The Kier molecular flexibility index (Phi) is 5.31. The summed E-state index contributed by atoms with van der Waals surface area (Å²) in [5.74, 6) is 0.646. The van der Waals surface area contributed by atoms with E-state index in [1.807, 2.05) is 75.6 Å². The van der Waals surface area contributed by atoms with Crippen LogP contribution in [0.15, 0.2) is 54.7 Å². The number of anilines is 1. The largest absolute Gasteiger partial charge is 0.494 e. The van der Waals surface area contributed by atoms with Gasteiger partial charge in [-0.05, 0) is 37.6 Å². The Labute approximate surface area is 173 Å². The first-order chi connectivity index (χ1) is 14.0. The minimum absolute atomic E-state index is 0.156. The maximum atomic E-state index is 13.4. The third-order valence-corrected chi connectivity index (χ3v) is 5.57. The number of nitrogens with zero attached hydrogens (tertiary/aromatic N) is 4. The lowest BCUT2D eigenvalue weighted by Crippen LogP contribution is -2.31. The molecule has 4 aromatic rings. The van der Waals surface area contributed by atoms with Crippen molar-refractivity contribution in [2.75, 3.05) is 11.5 Å². The van der Waals surface area contributed by atoms with Crippen LogP contribution in [0.4, 0.5) is 5.13 Å². The fourth-order valence-electron chi connectivity index (χ4n) is 3.20. The van der Waals surface area contributed by atoms with Gasteiger partial charge in [-0.1, -0.05) is 41.7 Å². The van der Waals surface area contributed by atoms with Gasteiger partial charge >= 0.3 is 0 Å². The molecular weight excluding hydrogens is 384 g/mol. The van der Waals surface area contributed by atoms with E-state index in [9.17, 15) is 4.79 Å². The van der Waals surface area contributed by atoms with Crippen LogP contribution >= 0.6 is 11.3 Å². The normalized spacial score (nSPS) is 11.0. The zero-order chi connectivity index (χ0) is 20.4. The van der Waals surface area contributed by atoms with E-state index >= 15 is 0 Å². The van der Waals surface area contributed by atoms with Gasteiger partial charge in [-0.3, -0.25) is 14.4 Å². The summed E-state index contributed by atoms with van der Waals surface area (Å²) in [7, 11) is 1.82. The predicted octanol–water partition coefficient (Wildman–Crippen LogP) is 4.58. The number of aromatic nitrogens is 3. The van der Waals surface area contributed by atoms with E-state index in [1.165, 1.54) is 11.3 Å². The molecule has 0 radical (unpaired) electrons. The van der Waals surface area contributed by atoms with Gasteiger partial charge in [0.25, 0.3) is 5.91 Å². The number of benzene rings is 2. The molecule has 2 aromatic heterocycles. The number of hydrogen-bond donors (Lipinski definition) is 0. The summed E-state index contributed by atoms with van der Waals surface area (Å²) in [6.45, 7) is 4.88. The average molecular weight is 407 g/mol. The van der Waals surface area contributed by atoms with Crippen molar-refractivity contribution in [3.05, 3.63) is 71.5 Å². The highest BCUT2D eigenvalue weighted by atomic mass is 32.1. The summed E-state index contributed by atoms with van der Waals surface area (Å²) < 4.78 is 8.24. The minimum Gasteiger partial charge on any atom is -0.494 e. The lowest BCUT2D eigenvalue weighted by Gasteiger charge is -2.19. The number of amides is 1. The summed E-state index contributed by atoms with van der Waals surface area (Å²) in [6.07, 6.45) is 1.85. The van der Waals surface area contributed by atoms with Crippen molar-refractivity contribution < 1.29 is 9.53 Å². The predicted molar refractivity (Wildman–Crippen MR) is 116 cm³/mol. The lowest BCUT2D eigenvalue weighted by molar-refractivity contribution is 0.0979. The van der Waals surface area contributed by atoms with Crippen LogP contribution in [0.5, 0.6) is 5.75 Å². The first kappa shape index (κ1) is 19.1. The highest BCUT2D eigenvalue weighted by molar-refractivity contribution is 7.22. The van der Waals surface area contributed by atoms with Crippen LogP contribution in [0.1, 0.15) is 28.5 Å². The number of ether oxygens (including phenoxy) is 1. The molecule has 0 spiro atoms. The SMILES string of the molecule is CCOc1ccc2nc(N(Cc3ccccc3)C(=O)c3nn(C)cc3C)sc2c1. The summed E-state index contributed by atoms with van der Waals surface area (Å²) in [5, 5.41) is 5.02. The summed E-state index contributed by atoms with van der Waals surface area (Å²) in [6, 6.07) is 15.7. The van der Waals surface area contributed by atoms with Crippen molar-refractivity contribution in [3.63, 3.8) is 0 Å². The van der Waals surface area contributed by atoms with E-state index in [2.05, 4.69) is 5.10 Å². The second-order valence-electron chi connectivity index (χ2n) is 6.77. The van der Waals surface area contributed by atoms with Crippen molar-refractivity contribution in [3.8, 4) is 5.75 Å². The summed E-state index contributed by atoms with van der Waals surface area (Å²) in [5.41, 5.74) is 3.16. The van der Waals surface area contributed by atoms with Crippen LogP contribution in [-0.2, 0) is 13.6 Å². The number of thiazole rings is 1. The molecule has 0 fully saturated rings. The molecule has 2 heterocycles. The molecule has 148 valence electrons. The molecule has 6 nitrogen and oxygen atoms in total. The van der Waals surface area contributed by atoms with E-state index in [4.69, 9.17) is 9.72 Å². The van der Waals surface area contributed by atoms with Crippen molar-refractivity contribution in [2.24, 2.45) is 7.05 Å². The Morgan fingerprint density at radius 3 is 2.69 bits per heavy atom. The zero-order valence-corrected chi connectivity index (χ0v) is 17.4. The number of hydrogen-bond acceptors (Lipinski definition) is 5. The van der Waals surface area contributed by atoms with Crippen LogP contribution in [0.25, 0.3) is 10.2 Å². The van der Waals surface area contributed by atoms with Gasteiger partial charge in [0.1, 0.15) is 5.75 Å². The number of aryl methyl sites for hydroxylation is 2. The molecule has 0 unspecified atom stereocenters. The number of carbonyl (C=O) groups excluding carboxylic acids is 1. The van der Waals surface area contributed by atoms with Gasteiger partial charge in [-0.25, -0.2) is 4.98 Å². The molecule has 0 atom stereocenters. The molecule has 0 aliphatic rings. The molecule has 0 N–H and O–H groups in total. The quantitative estimate of drug-likeness (QED) is 0.470. The van der Waals surface area contributed by atoms with Crippen molar-refractivity contribution in [1.82, 2.24) is 14.8 Å². The maximum Gasteiger partial charge on any atom is 0.281 e. The van der Waals surface area contributed by atoms with Crippen LogP contribution < -0.4 is 9.64 Å². The maximum absolute atomic E-state index is 13.4. The molecule has 7 heteroatoms. The number of rotatable bonds is 6. The Morgan fingerprint density at radius 1 is 1.21 bits per heavy atom. The fourth-order valence-corrected chi connectivity index (χ4v) is 4.19. The van der Waals surface area contributed by atoms with Crippen molar-refractivity contribution in [1.29, 1.82) is 0 Å². The standard InChI is InChI=1S/C22H22N4O2S/c1-4-28-17-10-11-18-19(12-17)29-22(23-18)26(14-16-8-6-5-7-9-16)21(27)20-15(2)13-25(3)24-20/h5-13H,4,14H2,1-3H3. The number of fused-ring (bicyclic) bond motifs is 1. The molecule has 4 rings (SSSR count). The molecule has 29 heavy (non-hydrogen) atoms. The first-order valence-electron chi connectivity index (χ1n) is 9.44. The lowest BCUT2D eigenvalue weighted by atomic mass is 10.2. The zero-order valence-electron chi connectivity index (χ0n) is 16.6. The van der Waals surface area contributed by atoms with Crippen LogP contribution in [0.3, 0.4) is 0 Å². The fraction of sp³-hybridized carbons (Fsp3) is 0.227. The molecule has 0 aliphatic heterocycles. The van der Waals surface area contributed by atoms with E-state index in [0.717, 1.165) is 27.1 Å². The Hall–Kier alpha value is -3.19. The van der Waals surface area contributed by atoms with Gasteiger partial charge in [0, 0.05) is 18.8 Å². The van der Waals surface area contributed by atoms with Crippen LogP contribution in [0.2, 0.25) is 0 Å². The van der Waals surface area contributed by atoms with E-state index in [1.54, 1.807) is 9.58 Å². The molecule has 0 saturated heterocycles. The highest BCUT2D eigenvalue weighted by Gasteiger charge is 2.25. The monoisotopic (exact) mass is 406 g/mol.